The largest absolute Gasteiger partial charge is 0.491 e. The number of hydrogen-bond donors (Lipinski definition) is 3. The Morgan fingerprint density at radius 2 is 2.05 bits per heavy atom. The molecule has 0 aliphatic rings. The van der Waals surface area contributed by atoms with Gasteiger partial charge in [0.15, 0.2) is 0 Å². The second-order valence-corrected chi connectivity index (χ2v) is 4.78. The van der Waals surface area contributed by atoms with Gasteiger partial charge in [-0.05, 0) is 31.3 Å². The second kappa shape index (κ2) is 8.06. The highest BCUT2D eigenvalue weighted by Gasteiger charge is 2.08. The summed E-state index contributed by atoms with van der Waals surface area (Å²) in [5, 5.41) is 18.5. The summed E-state index contributed by atoms with van der Waals surface area (Å²) in [5.41, 5.74) is 6.28. The second-order valence-electron chi connectivity index (χ2n) is 4.34. The SMILES string of the molecule is CN(CCO)CC(O)COc1ccc(C(N)=S)cc1. The van der Waals surface area contributed by atoms with E-state index in [1.54, 1.807) is 24.3 Å². The van der Waals surface area contributed by atoms with E-state index >= 15 is 0 Å². The monoisotopic (exact) mass is 284 g/mol. The Balaban J connectivity index is 2.37. The van der Waals surface area contributed by atoms with E-state index in [4.69, 9.17) is 27.8 Å². The van der Waals surface area contributed by atoms with E-state index in [0.29, 0.717) is 23.8 Å². The average Bonchev–Trinajstić information content (AvgIpc) is 2.37. The summed E-state index contributed by atoms with van der Waals surface area (Å²) in [5.74, 6) is 0.656. The average molecular weight is 284 g/mol. The highest BCUT2D eigenvalue weighted by molar-refractivity contribution is 7.80. The lowest BCUT2D eigenvalue weighted by atomic mass is 10.2. The number of nitrogens with zero attached hydrogens (tertiary/aromatic N) is 1. The number of ether oxygens (including phenoxy) is 1. The van der Waals surface area contributed by atoms with Crippen LogP contribution in [-0.2, 0) is 0 Å². The maximum atomic E-state index is 9.76. The molecule has 0 spiro atoms. The molecule has 6 heteroatoms. The van der Waals surface area contributed by atoms with Crippen molar-refractivity contribution in [2.45, 2.75) is 6.10 Å². The third-order valence-electron chi connectivity index (χ3n) is 2.59. The number of nitrogens with two attached hydrogens (primary N) is 1. The Hall–Kier alpha value is -1.21. The summed E-state index contributed by atoms with van der Waals surface area (Å²) >= 11 is 4.85. The standard InChI is InChI=1S/C13H20N2O3S/c1-15(6-7-16)8-11(17)9-18-12-4-2-10(3-5-12)13(14)19/h2-5,11,16-17H,6-9H2,1H3,(H2,14,19). The molecule has 1 rings (SSSR count). The Labute approximate surface area is 118 Å². The first-order valence-electron chi connectivity index (χ1n) is 6.03. The smallest absolute Gasteiger partial charge is 0.119 e. The van der Waals surface area contributed by atoms with Gasteiger partial charge in [-0.25, -0.2) is 0 Å². The summed E-state index contributed by atoms with van der Waals surface area (Å²) in [4.78, 5) is 2.18. The molecular weight excluding hydrogens is 264 g/mol. The first-order valence-corrected chi connectivity index (χ1v) is 6.44. The van der Waals surface area contributed by atoms with Crippen molar-refractivity contribution in [3.8, 4) is 5.75 Å². The quantitative estimate of drug-likeness (QED) is 0.583. The number of rotatable bonds is 8. The van der Waals surface area contributed by atoms with Crippen LogP contribution in [0.5, 0.6) is 5.75 Å². The molecule has 0 saturated carbocycles. The highest BCUT2D eigenvalue weighted by atomic mass is 32.1. The lowest BCUT2D eigenvalue weighted by Crippen LogP contribution is -2.34. The van der Waals surface area contributed by atoms with Gasteiger partial charge >= 0.3 is 0 Å². The first kappa shape index (κ1) is 15.8. The number of hydrogen-bond acceptors (Lipinski definition) is 5. The molecule has 1 unspecified atom stereocenters. The fourth-order valence-electron chi connectivity index (χ4n) is 1.58. The van der Waals surface area contributed by atoms with E-state index in [9.17, 15) is 5.11 Å². The van der Waals surface area contributed by atoms with E-state index < -0.39 is 6.10 Å². The van der Waals surface area contributed by atoms with Crippen molar-refractivity contribution in [2.24, 2.45) is 5.73 Å². The van der Waals surface area contributed by atoms with Gasteiger partial charge in [0.05, 0.1) is 6.61 Å². The van der Waals surface area contributed by atoms with Gasteiger partial charge in [-0.1, -0.05) is 12.2 Å². The van der Waals surface area contributed by atoms with Gasteiger partial charge in [0.2, 0.25) is 0 Å². The molecule has 4 N–H and O–H groups in total. The normalized spacial score (nSPS) is 12.4. The van der Waals surface area contributed by atoms with E-state index in [1.165, 1.54) is 0 Å². The summed E-state index contributed by atoms with van der Waals surface area (Å²) in [6, 6.07) is 7.08. The van der Waals surface area contributed by atoms with Crippen molar-refractivity contribution in [3.05, 3.63) is 29.8 Å². The lowest BCUT2D eigenvalue weighted by Gasteiger charge is -2.19. The maximum absolute atomic E-state index is 9.76. The van der Waals surface area contributed by atoms with Crippen LogP contribution in [0.4, 0.5) is 0 Å². The molecule has 0 aromatic heterocycles. The fraction of sp³-hybridized carbons (Fsp3) is 0.462. The van der Waals surface area contributed by atoms with E-state index in [-0.39, 0.29) is 13.2 Å². The van der Waals surface area contributed by atoms with Gasteiger partial charge in [-0.15, -0.1) is 0 Å². The number of benzene rings is 1. The molecule has 0 saturated heterocycles. The van der Waals surface area contributed by atoms with Gasteiger partial charge in [0.25, 0.3) is 0 Å². The maximum Gasteiger partial charge on any atom is 0.119 e. The predicted molar refractivity (Wildman–Crippen MR) is 78.4 cm³/mol. The summed E-state index contributed by atoms with van der Waals surface area (Å²) in [7, 11) is 1.83. The Morgan fingerprint density at radius 3 is 2.58 bits per heavy atom. The molecular formula is C13H20N2O3S. The van der Waals surface area contributed by atoms with Crippen LogP contribution < -0.4 is 10.5 Å². The minimum Gasteiger partial charge on any atom is -0.491 e. The molecule has 0 amide bonds. The molecule has 106 valence electrons. The third-order valence-corrected chi connectivity index (χ3v) is 2.82. The van der Waals surface area contributed by atoms with Gasteiger partial charge in [0, 0.05) is 18.7 Å². The predicted octanol–water partition coefficient (Wildman–Crippen LogP) is -0.0154. The first-order chi connectivity index (χ1) is 9.02. The van der Waals surface area contributed by atoms with Crippen LogP contribution in [0.25, 0.3) is 0 Å². The fourth-order valence-corrected chi connectivity index (χ4v) is 1.72. The van der Waals surface area contributed by atoms with Crippen LogP contribution in [0, 0.1) is 0 Å². The molecule has 19 heavy (non-hydrogen) atoms. The zero-order valence-corrected chi connectivity index (χ0v) is 11.8. The summed E-state index contributed by atoms with van der Waals surface area (Å²) < 4.78 is 5.46. The Morgan fingerprint density at radius 1 is 1.42 bits per heavy atom. The van der Waals surface area contributed by atoms with Crippen LogP contribution in [0.2, 0.25) is 0 Å². The van der Waals surface area contributed by atoms with Crippen LogP contribution in [0.15, 0.2) is 24.3 Å². The third kappa shape index (κ3) is 5.98. The van der Waals surface area contributed by atoms with Crippen LogP contribution in [0.3, 0.4) is 0 Å². The molecule has 0 heterocycles. The topological polar surface area (TPSA) is 79.0 Å². The molecule has 0 fully saturated rings. The van der Waals surface area contributed by atoms with Crippen molar-refractivity contribution < 1.29 is 14.9 Å². The van der Waals surface area contributed by atoms with Crippen LogP contribution in [0.1, 0.15) is 5.56 Å². The van der Waals surface area contributed by atoms with Crippen LogP contribution >= 0.6 is 12.2 Å². The van der Waals surface area contributed by atoms with Gasteiger partial charge in [0.1, 0.15) is 23.4 Å². The minimum absolute atomic E-state index is 0.0739. The van der Waals surface area contributed by atoms with Crippen LogP contribution in [-0.4, -0.2) is 59.6 Å². The van der Waals surface area contributed by atoms with Crippen molar-refractivity contribution in [2.75, 3.05) is 33.4 Å². The Bertz CT molecular complexity index is 397. The molecule has 1 aromatic carbocycles. The highest BCUT2D eigenvalue weighted by Crippen LogP contribution is 2.12. The molecule has 0 aliphatic carbocycles. The number of thiocarbonyl (C=S) groups is 1. The number of aliphatic hydroxyl groups excluding tert-OH is 2. The molecule has 1 atom stereocenters. The molecule has 0 bridgehead atoms. The summed E-state index contributed by atoms with van der Waals surface area (Å²) in [6.45, 7) is 1.25. The minimum atomic E-state index is -0.605. The molecule has 5 nitrogen and oxygen atoms in total. The molecule has 0 radical (unpaired) electrons. The van der Waals surface area contributed by atoms with Gasteiger partial charge < -0.3 is 25.6 Å². The number of likely N-dealkylation sites (N-methyl/N-ethyl adjacent to an activating group) is 1. The van der Waals surface area contributed by atoms with Gasteiger partial charge in [-0.3, -0.25) is 0 Å². The zero-order valence-electron chi connectivity index (χ0n) is 11.0. The van der Waals surface area contributed by atoms with Crippen molar-refractivity contribution in [1.82, 2.24) is 4.90 Å². The zero-order chi connectivity index (χ0) is 14.3. The molecule has 0 aliphatic heterocycles. The van der Waals surface area contributed by atoms with E-state index in [0.717, 1.165) is 5.56 Å². The van der Waals surface area contributed by atoms with E-state index in [1.807, 2.05) is 11.9 Å². The van der Waals surface area contributed by atoms with E-state index in [2.05, 4.69) is 0 Å². The van der Waals surface area contributed by atoms with Crippen molar-refractivity contribution >= 4 is 17.2 Å². The molecule has 1 aromatic rings. The van der Waals surface area contributed by atoms with Gasteiger partial charge in [-0.2, -0.15) is 0 Å². The van der Waals surface area contributed by atoms with Crippen molar-refractivity contribution in [1.29, 1.82) is 0 Å². The number of aliphatic hydroxyl groups is 2. The Kier molecular flexibility index (Phi) is 6.72. The summed E-state index contributed by atoms with van der Waals surface area (Å²) in [6.07, 6.45) is -0.605. The van der Waals surface area contributed by atoms with Crippen molar-refractivity contribution in [3.63, 3.8) is 0 Å². The lowest BCUT2D eigenvalue weighted by molar-refractivity contribution is 0.0711.